The smallest absolute Gasteiger partial charge is 0.422 e. The minimum absolute atomic E-state index is 0.159. The van der Waals surface area contributed by atoms with E-state index < -0.39 is 31.3 Å². The van der Waals surface area contributed by atoms with Crippen molar-refractivity contribution in [3.8, 4) is 11.5 Å². The van der Waals surface area contributed by atoms with Crippen molar-refractivity contribution in [3.05, 3.63) is 23.8 Å². The van der Waals surface area contributed by atoms with E-state index in [-0.39, 0.29) is 17.6 Å². The molecule has 1 rings (SSSR count). The molecular weight excluding hydrogens is 294 g/mol. The van der Waals surface area contributed by atoms with Crippen molar-refractivity contribution < 1.29 is 40.6 Å². The average Bonchev–Trinajstić information content (AvgIpc) is 2.32. The normalized spacial score (nSPS) is 12.1. The van der Waals surface area contributed by atoms with Crippen LogP contribution < -0.4 is 9.47 Å². The molecule has 0 bridgehead atoms. The number of alkyl halides is 6. The first-order valence-electron chi connectivity index (χ1n) is 5.09. The molecule has 9 heteroatoms. The molecule has 0 atom stereocenters. The molecule has 0 heterocycles. The molecule has 0 spiro atoms. The van der Waals surface area contributed by atoms with Gasteiger partial charge in [0.25, 0.3) is 0 Å². The summed E-state index contributed by atoms with van der Waals surface area (Å²) in [6.07, 6.45) is -9.00. The second kappa shape index (κ2) is 6.02. The fourth-order valence-electron chi connectivity index (χ4n) is 1.16. The number of aldehydes is 1. The van der Waals surface area contributed by atoms with Crippen LogP contribution in [0.25, 0.3) is 0 Å². The van der Waals surface area contributed by atoms with Gasteiger partial charge in [0.2, 0.25) is 0 Å². The Bertz CT molecular complexity index is 466. The standard InChI is InChI=1S/C11H8F6O3/c12-10(13,14)5-19-8-1-2-9(7(3-8)4-18)20-6-11(15,16)17/h1-4H,5-6H2. The zero-order valence-corrected chi connectivity index (χ0v) is 9.72. The second-order valence-electron chi connectivity index (χ2n) is 3.63. The van der Waals surface area contributed by atoms with Gasteiger partial charge in [-0.3, -0.25) is 4.79 Å². The fraction of sp³-hybridized carbons (Fsp3) is 0.364. The van der Waals surface area contributed by atoms with Crippen molar-refractivity contribution in [2.24, 2.45) is 0 Å². The number of rotatable bonds is 5. The summed E-state index contributed by atoms with van der Waals surface area (Å²) in [5, 5.41) is 0. The van der Waals surface area contributed by atoms with Crippen LogP contribution in [0, 0.1) is 0 Å². The molecule has 1 aromatic rings. The average molecular weight is 302 g/mol. The number of carbonyl (C=O) groups excluding carboxylic acids is 1. The number of halogens is 6. The Balaban J connectivity index is 2.77. The van der Waals surface area contributed by atoms with Crippen LogP contribution in [-0.2, 0) is 0 Å². The van der Waals surface area contributed by atoms with Crippen LogP contribution in [0.1, 0.15) is 10.4 Å². The maximum atomic E-state index is 11.9. The Morgan fingerprint density at radius 3 is 2.00 bits per heavy atom. The van der Waals surface area contributed by atoms with Crippen molar-refractivity contribution in [1.82, 2.24) is 0 Å². The van der Waals surface area contributed by atoms with Crippen LogP contribution >= 0.6 is 0 Å². The summed E-state index contributed by atoms with van der Waals surface area (Å²) >= 11 is 0. The number of carbonyl (C=O) groups is 1. The zero-order valence-electron chi connectivity index (χ0n) is 9.72. The molecule has 0 aliphatic rings. The van der Waals surface area contributed by atoms with Crippen LogP contribution in [0.2, 0.25) is 0 Å². The summed E-state index contributed by atoms with van der Waals surface area (Å²) in [4.78, 5) is 10.7. The molecule has 0 radical (unpaired) electrons. The summed E-state index contributed by atoms with van der Waals surface area (Å²) in [6.45, 7) is -3.19. The van der Waals surface area contributed by atoms with Crippen molar-refractivity contribution in [2.45, 2.75) is 12.4 Å². The Labute approximate surface area is 109 Å². The van der Waals surface area contributed by atoms with Crippen molar-refractivity contribution in [3.63, 3.8) is 0 Å². The molecule has 0 saturated heterocycles. The third-order valence-corrected chi connectivity index (χ3v) is 1.90. The van der Waals surface area contributed by atoms with Gasteiger partial charge in [0.05, 0.1) is 5.56 Å². The van der Waals surface area contributed by atoms with E-state index in [0.717, 1.165) is 18.2 Å². The van der Waals surface area contributed by atoms with E-state index in [0.29, 0.717) is 0 Å². The summed E-state index contributed by atoms with van der Waals surface area (Å²) < 4.78 is 80.3. The first-order valence-corrected chi connectivity index (χ1v) is 5.09. The lowest BCUT2D eigenvalue weighted by Gasteiger charge is -2.13. The number of hydrogen-bond donors (Lipinski definition) is 0. The molecule has 0 unspecified atom stereocenters. The lowest BCUT2D eigenvalue weighted by molar-refractivity contribution is -0.154. The topological polar surface area (TPSA) is 35.5 Å². The summed E-state index contributed by atoms with van der Waals surface area (Å²) in [6, 6.07) is 2.77. The monoisotopic (exact) mass is 302 g/mol. The first-order chi connectivity index (χ1) is 9.11. The van der Waals surface area contributed by atoms with E-state index in [1.165, 1.54) is 0 Å². The summed E-state index contributed by atoms with van der Waals surface area (Å²) in [5.41, 5.74) is -0.339. The van der Waals surface area contributed by atoms with E-state index in [4.69, 9.17) is 0 Å². The van der Waals surface area contributed by atoms with Crippen LogP contribution in [-0.4, -0.2) is 31.9 Å². The van der Waals surface area contributed by atoms with Crippen LogP contribution in [0.5, 0.6) is 11.5 Å². The van der Waals surface area contributed by atoms with Gasteiger partial charge in [0.15, 0.2) is 19.5 Å². The molecule has 3 nitrogen and oxygen atoms in total. The van der Waals surface area contributed by atoms with Crippen LogP contribution in [0.3, 0.4) is 0 Å². The highest BCUT2D eigenvalue weighted by Crippen LogP contribution is 2.26. The summed E-state index contributed by atoms with van der Waals surface area (Å²) in [5.74, 6) is -0.694. The Morgan fingerprint density at radius 1 is 0.950 bits per heavy atom. The molecule has 0 fully saturated rings. The Hall–Kier alpha value is -1.93. The Morgan fingerprint density at radius 2 is 1.50 bits per heavy atom. The second-order valence-corrected chi connectivity index (χ2v) is 3.63. The molecule has 0 aromatic heterocycles. The zero-order chi connectivity index (χ0) is 15.4. The highest BCUT2D eigenvalue weighted by atomic mass is 19.4. The van der Waals surface area contributed by atoms with E-state index >= 15 is 0 Å². The van der Waals surface area contributed by atoms with Gasteiger partial charge in [-0.25, -0.2) is 0 Å². The molecule has 0 N–H and O–H groups in total. The minimum Gasteiger partial charge on any atom is -0.484 e. The van der Waals surface area contributed by atoms with Gasteiger partial charge in [-0.05, 0) is 18.2 Å². The third kappa shape index (κ3) is 5.81. The van der Waals surface area contributed by atoms with E-state index in [1.54, 1.807) is 0 Å². The van der Waals surface area contributed by atoms with Crippen molar-refractivity contribution in [1.29, 1.82) is 0 Å². The molecule has 112 valence electrons. The van der Waals surface area contributed by atoms with Gasteiger partial charge in [-0.15, -0.1) is 0 Å². The van der Waals surface area contributed by atoms with Gasteiger partial charge in [-0.1, -0.05) is 0 Å². The van der Waals surface area contributed by atoms with Gasteiger partial charge in [0, 0.05) is 0 Å². The molecule has 1 aromatic carbocycles. The van der Waals surface area contributed by atoms with E-state index in [9.17, 15) is 31.1 Å². The van der Waals surface area contributed by atoms with Crippen molar-refractivity contribution >= 4 is 6.29 Å². The van der Waals surface area contributed by atoms with Gasteiger partial charge < -0.3 is 9.47 Å². The number of hydrogen-bond acceptors (Lipinski definition) is 3. The van der Waals surface area contributed by atoms with Gasteiger partial charge in [-0.2, -0.15) is 26.3 Å². The SMILES string of the molecule is O=Cc1cc(OCC(F)(F)F)ccc1OCC(F)(F)F. The van der Waals surface area contributed by atoms with Crippen LogP contribution in [0.15, 0.2) is 18.2 Å². The maximum Gasteiger partial charge on any atom is 0.422 e. The fourth-order valence-corrected chi connectivity index (χ4v) is 1.16. The van der Waals surface area contributed by atoms with E-state index in [2.05, 4.69) is 9.47 Å². The van der Waals surface area contributed by atoms with Gasteiger partial charge >= 0.3 is 12.4 Å². The largest absolute Gasteiger partial charge is 0.484 e. The minimum atomic E-state index is -4.59. The highest BCUT2D eigenvalue weighted by molar-refractivity contribution is 5.80. The van der Waals surface area contributed by atoms with Gasteiger partial charge in [0.1, 0.15) is 11.5 Å². The summed E-state index contributed by atoms with van der Waals surface area (Å²) in [7, 11) is 0. The first kappa shape index (κ1) is 16.1. The Kier molecular flexibility index (Phi) is 4.85. The molecule has 0 amide bonds. The third-order valence-electron chi connectivity index (χ3n) is 1.90. The highest BCUT2D eigenvalue weighted by Gasteiger charge is 2.30. The lowest BCUT2D eigenvalue weighted by Crippen LogP contribution is -2.20. The maximum absolute atomic E-state index is 11.9. The molecule has 0 saturated carbocycles. The van der Waals surface area contributed by atoms with Crippen molar-refractivity contribution in [2.75, 3.05) is 13.2 Å². The molecular formula is C11H8F6O3. The van der Waals surface area contributed by atoms with E-state index in [1.807, 2.05) is 0 Å². The molecule has 0 aliphatic carbocycles. The quantitative estimate of drug-likeness (QED) is 0.618. The lowest BCUT2D eigenvalue weighted by atomic mass is 10.2. The van der Waals surface area contributed by atoms with Crippen LogP contribution in [0.4, 0.5) is 26.3 Å². The number of benzene rings is 1. The number of ether oxygens (including phenoxy) is 2. The predicted molar refractivity (Wildman–Crippen MR) is 54.9 cm³/mol. The molecule has 0 aliphatic heterocycles. The molecule has 20 heavy (non-hydrogen) atoms. The predicted octanol–water partition coefficient (Wildman–Crippen LogP) is 3.38.